The molecule has 0 amide bonds. The Bertz CT molecular complexity index is 2700. The number of rotatable bonds is 4. The van der Waals surface area contributed by atoms with Crippen molar-refractivity contribution in [2.45, 2.75) is 0 Å². The summed E-state index contributed by atoms with van der Waals surface area (Å²) in [6, 6.07) is 48.2. The summed E-state index contributed by atoms with van der Waals surface area (Å²) in [5.74, 6) is 0.459. The van der Waals surface area contributed by atoms with Crippen LogP contribution in [0.25, 0.3) is 53.5 Å². The summed E-state index contributed by atoms with van der Waals surface area (Å²) in [4.78, 5) is 29.2. The quantitative estimate of drug-likeness (QED) is 0.168. The van der Waals surface area contributed by atoms with Gasteiger partial charge in [0.25, 0.3) is 11.6 Å². The Kier molecular flexibility index (Phi) is 7.42. The maximum Gasteiger partial charge on any atom is 0.300 e. The molecule has 10 heteroatoms. The molecule has 1 aliphatic rings. The molecule has 0 saturated heterocycles. The summed E-state index contributed by atoms with van der Waals surface area (Å²) in [6.45, 7) is 15.7. The van der Waals surface area contributed by atoms with Crippen molar-refractivity contribution in [3.05, 3.63) is 168 Å². The average Bonchev–Trinajstić information content (AvgIpc) is 3.24. The molecule has 0 saturated carbocycles. The number of nitriles is 2. The van der Waals surface area contributed by atoms with Crippen LogP contribution < -0.4 is 9.80 Å². The highest BCUT2D eigenvalue weighted by Gasteiger charge is 2.42. The molecule has 248 valence electrons. The molecule has 0 unspecified atom stereocenters. The molecular weight excluding hydrogens is 669 g/mol. The Morgan fingerprint density at radius 3 is 1.20 bits per heavy atom. The lowest BCUT2D eigenvalue weighted by Crippen LogP contribution is -2.28. The number of benzene rings is 6. The Morgan fingerprint density at radius 1 is 0.444 bits per heavy atom. The first kappa shape index (κ1) is 31.5. The van der Waals surface area contributed by atoms with Crippen LogP contribution in [0.5, 0.6) is 0 Å². The van der Waals surface area contributed by atoms with Crippen molar-refractivity contribution < 1.29 is 0 Å². The van der Waals surface area contributed by atoms with Crippen molar-refractivity contribution in [3.63, 3.8) is 0 Å². The van der Waals surface area contributed by atoms with Gasteiger partial charge >= 0.3 is 11.6 Å². The minimum atomic E-state index is -0.182. The smallest absolute Gasteiger partial charge is 0.300 e. The fourth-order valence-corrected chi connectivity index (χ4v) is 6.95. The summed E-state index contributed by atoms with van der Waals surface area (Å²) in [7, 11) is 0. The van der Waals surface area contributed by atoms with Crippen LogP contribution in [0.4, 0.5) is 46.3 Å². The summed E-state index contributed by atoms with van der Waals surface area (Å²) in [5.41, 5.74) is 4.91. The number of fused-ring (bicyclic) bond motifs is 4. The molecule has 54 heavy (non-hydrogen) atoms. The van der Waals surface area contributed by atoms with Gasteiger partial charge in [-0.2, -0.15) is 10.5 Å². The molecular formula is C44H22N10. The van der Waals surface area contributed by atoms with Gasteiger partial charge in [0.1, 0.15) is 12.1 Å². The molecule has 0 spiro atoms. The van der Waals surface area contributed by atoms with Crippen molar-refractivity contribution in [1.82, 2.24) is 19.9 Å². The van der Waals surface area contributed by atoms with E-state index in [1.165, 1.54) is 0 Å². The summed E-state index contributed by atoms with van der Waals surface area (Å²) >= 11 is 0. The first-order valence-corrected chi connectivity index (χ1v) is 16.8. The van der Waals surface area contributed by atoms with Gasteiger partial charge in [-0.15, -0.1) is 9.97 Å². The zero-order valence-electron chi connectivity index (χ0n) is 28.2. The summed E-state index contributed by atoms with van der Waals surface area (Å²) in [6.07, 6.45) is 0. The average molecular weight is 691 g/mol. The molecule has 9 rings (SSSR count). The van der Waals surface area contributed by atoms with E-state index < -0.39 is 0 Å². The van der Waals surface area contributed by atoms with Crippen LogP contribution in [0, 0.1) is 35.8 Å². The highest BCUT2D eigenvalue weighted by molar-refractivity contribution is 6.00. The highest BCUT2D eigenvalue weighted by atomic mass is 15.4. The second kappa shape index (κ2) is 12.7. The topological polar surface area (TPSA) is 114 Å². The lowest BCUT2D eigenvalue weighted by Gasteiger charge is -2.33. The highest BCUT2D eigenvalue weighted by Crippen LogP contribution is 2.53. The van der Waals surface area contributed by atoms with Crippen LogP contribution in [-0.2, 0) is 0 Å². The summed E-state index contributed by atoms with van der Waals surface area (Å²) in [5, 5.41) is 24.6. The van der Waals surface area contributed by atoms with E-state index in [0.717, 1.165) is 43.8 Å². The minimum absolute atomic E-state index is 0.167. The zero-order valence-corrected chi connectivity index (χ0v) is 28.2. The number of anilines is 6. The van der Waals surface area contributed by atoms with Crippen LogP contribution in [0.15, 0.2) is 133 Å². The van der Waals surface area contributed by atoms with Gasteiger partial charge in [-0.05, 0) is 68.1 Å². The fraction of sp³-hybridized carbons (Fsp3) is 0. The molecule has 2 aromatic heterocycles. The van der Waals surface area contributed by atoms with Crippen molar-refractivity contribution in [3.8, 4) is 34.4 Å². The molecule has 0 atom stereocenters. The lowest BCUT2D eigenvalue weighted by molar-refractivity contribution is 0.983. The zero-order chi connectivity index (χ0) is 36.8. The van der Waals surface area contributed by atoms with E-state index in [0.29, 0.717) is 11.4 Å². The van der Waals surface area contributed by atoms with E-state index >= 15 is 0 Å². The molecule has 0 fully saturated rings. The van der Waals surface area contributed by atoms with Crippen LogP contribution in [0.2, 0.25) is 0 Å². The maximum absolute atomic E-state index is 10.1. The molecule has 0 bridgehead atoms. The number of hydrogen-bond donors (Lipinski definition) is 0. The van der Waals surface area contributed by atoms with Gasteiger partial charge in [-0.3, -0.25) is 9.80 Å². The van der Waals surface area contributed by atoms with Crippen molar-refractivity contribution in [2.75, 3.05) is 9.80 Å². The lowest BCUT2D eigenvalue weighted by atomic mass is 9.98. The second-order valence-corrected chi connectivity index (χ2v) is 12.4. The number of aromatic nitrogens is 4. The monoisotopic (exact) mass is 690 g/mol. The molecule has 10 nitrogen and oxygen atoms in total. The van der Waals surface area contributed by atoms with Crippen LogP contribution in [0.3, 0.4) is 0 Å². The van der Waals surface area contributed by atoms with E-state index in [1.54, 1.807) is 9.80 Å². The van der Waals surface area contributed by atoms with E-state index in [-0.39, 0.29) is 46.3 Å². The third-order valence-corrected chi connectivity index (χ3v) is 9.41. The Hall–Kier alpha value is -8.44. The molecule has 0 N–H and O–H groups in total. The van der Waals surface area contributed by atoms with Gasteiger partial charge in [-0.25, -0.2) is 9.97 Å². The second-order valence-electron chi connectivity index (χ2n) is 12.4. The van der Waals surface area contributed by atoms with E-state index in [2.05, 4.69) is 68.2 Å². The maximum atomic E-state index is 10.1. The molecule has 0 aliphatic carbocycles. The largest absolute Gasteiger partial charge is 0.370 e. The Balaban J connectivity index is 1.24. The van der Waals surface area contributed by atoms with E-state index in [4.69, 9.17) is 23.1 Å². The normalized spacial score (nSPS) is 11.6. The van der Waals surface area contributed by atoms with Crippen molar-refractivity contribution >= 4 is 67.8 Å². The van der Waals surface area contributed by atoms with E-state index in [1.807, 2.05) is 97.1 Å². The Labute approximate surface area is 309 Å². The molecule has 1 aliphatic heterocycles. The predicted octanol–water partition coefficient (Wildman–Crippen LogP) is 11.0. The molecule has 0 radical (unpaired) electrons. The minimum Gasteiger partial charge on any atom is -0.370 e. The first-order valence-electron chi connectivity index (χ1n) is 16.8. The van der Waals surface area contributed by atoms with Crippen molar-refractivity contribution in [1.29, 1.82) is 10.5 Å². The molecule has 6 aromatic carbocycles. The van der Waals surface area contributed by atoms with Crippen LogP contribution in [0.1, 0.15) is 11.4 Å². The van der Waals surface area contributed by atoms with Gasteiger partial charge in [0.05, 0.1) is 11.4 Å². The third-order valence-electron chi connectivity index (χ3n) is 9.41. The summed E-state index contributed by atoms with van der Waals surface area (Å²) < 4.78 is 0. The third kappa shape index (κ3) is 5.00. The predicted molar refractivity (Wildman–Crippen MR) is 208 cm³/mol. The first-order chi connectivity index (χ1) is 26.6. The van der Waals surface area contributed by atoms with Gasteiger partial charge < -0.3 is 9.69 Å². The standard InChI is InChI=1S/C44H22N10/c1-47-39-40(48-2)52-44-43(51-39)53(31-21-17-29(18-22-31)35-15-7-11-27-9-3-5-13-33(27)35)41-42(50-38(26-46)37(25-45)49-41)54(44)32-23-19-30(20-24-32)36-16-8-12-28-10-4-6-14-34(28)36/h3-24H. The van der Waals surface area contributed by atoms with Crippen LogP contribution in [-0.4, -0.2) is 19.9 Å². The van der Waals surface area contributed by atoms with Crippen LogP contribution >= 0.6 is 0 Å². The number of hydrogen-bond acceptors (Lipinski definition) is 8. The Morgan fingerprint density at radius 2 is 0.815 bits per heavy atom. The van der Waals surface area contributed by atoms with E-state index in [9.17, 15) is 10.5 Å². The van der Waals surface area contributed by atoms with Gasteiger partial charge in [0, 0.05) is 0 Å². The van der Waals surface area contributed by atoms with Gasteiger partial charge in [0.15, 0.2) is 23.0 Å². The molecule has 3 heterocycles. The number of nitrogens with zero attached hydrogens (tertiary/aromatic N) is 10. The fourth-order valence-electron chi connectivity index (χ4n) is 6.95. The van der Waals surface area contributed by atoms with Crippen molar-refractivity contribution in [2.24, 2.45) is 0 Å². The van der Waals surface area contributed by atoms with Gasteiger partial charge in [0.2, 0.25) is 0 Å². The molecule has 8 aromatic rings. The van der Waals surface area contributed by atoms with Gasteiger partial charge in [-0.1, -0.05) is 122 Å². The SMILES string of the molecule is [C-]#[N+]c1nc2c(nc1[N+]#[C-])N(c1ccc(-c3cccc4ccccc34)cc1)c1nc(C#N)c(C#N)nc1N2c1ccc(-c2cccc3ccccc23)cc1.